The predicted octanol–water partition coefficient (Wildman–Crippen LogP) is 0.692. The topological polar surface area (TPSA) is 38.3 Å². The molecular formula is C9H15NO2. The second-order valence-corrected chi connectivity index (χ2v) is 3.98. The number of nitrogens with one attached hydrogen (secondary N) is 1. The van der Waals surface area contributed by atoms with Crippen molar-refractivity contribution in [2.45, 2.75) is 31.7 Å². The molecule has 0 aromatic carbocycles. The summed E-state index contributed by atoms with van der Waals surface area (Å²) in [6.07, 6.45) is 4.84. The Morgan fingerprint density at radius 1 is 1.50 bits per heavy atom. The summed E-state index contributed by atoms with van der Waals surface area (Å²) < 4.78 is 4.71. The first kappa shape index (κ1) is 8.05. The molecule has 1 aliphatic carbocycles. The summed E-state index contributed by atoms with van der Waals surface area (Å²) in [7, 11) is 1.46. The Kier molecular flexibility index (Phi) is 1.83. The lowest BCUT2D eigenvalue weighted by atomic mass is 9.89. The molecule has 1 aliphatic heterocycles. The van der Waals surface area contributed by atoms with Crippen LogP contribution in [0.4, 0.5) is 0 Å². The standard InChI is InChI=1S/C9H15NO2/c1-12-8(11)7-6-9(2-3-9)4-5-10-7/h7,10H,2-6H2,1H3/t7-/m1/s1. The van der Waals surface area contributed by atoms with Crippen molar-refractivity contribution < 1.29 is 9.53 Å². The average molecular weight is 169 g/mol. The summed E-state index contributed by atoms with van der Waals surface area (Å²) >= 11 is 0. The molecule has 0 bridgehead atoms. The van der Waals surface area contributed by atoms with Gasteiger partial charge in [0.25, 0.3) is 0 Å². The molecule has 0 amide bonds. The Bertz CT molecular complexity index is 199. The van der Waals surface area contributed by atoms with Gasteiger partial charge in [0.2, 0.25) is 0 Å². The fourth-order valence-electron chi connectivity index (χ4n) is 2.06. The number of rotatable bonds is 1. The summed E-state index contributed by atoms with van der Waals surface area (Å²) in [4.78, 5) is 11.2. The molecule has 0 unspecified atom stereocenters. The smallest absolute Gasteiger partial charge is 0.322 e. The lowest BCUT2D eigenvalue weighted by Crippen LogP contribution is -2.44. The molecule has 1 saturated heterocycles. The fraction of sp³-hybridized carbons (Fsp3) is 0.889. The van der Waals surface area contributed by atoms with E-state index in [0.717, 1.165) is 13.0 Å². The van der Waals surface area contributed by atoms with Gasteiger partial charge in [-0.05, 0) is 37.6 Å². The SMILES string of the molecule is COC(=O)[C@H]1CC2(CCN1)CC2. The summed E-state index contributed by atoms with van der Waals surface area (Å²) in [5, 5.41) is 3.19. The van der Waals surface area contributed by atoms with Crippen LogP contribution in [0.2, 0.25) is 0 Å². The maximum Gasteiger partial charge on any atom is 0.322 e. The van der Waals surface area contributed by atoms with Gasteiger partial charge in [-0.3, -0.25) is 4.79 Å². The third-order valence-corrected chi connectivity index (χ3v) is 3.13. The number of esters is 1. The van der Waals surface area contributed by atoms with Crippen molar-refractivity contribution >= 4 is 5.97 Å². The molecule has 1 saturated carbocycles. The van der Waals surface area contributed by atoms with Crippen LogP contribution in [0, 0.1) is 5.41 Å². The van der Waals surface area contributed by atoms with Crippen LogP contribution in [0.15, 0.2) is 0 Å². The first-order valence-electron chi connectivity index (χ1n) is 4.57. The zero-order valence-electron chi connectivity index (χ0n) is 7.43. The highest BCUT2D eigenvalue weighted by Crippen LogP contribution is 2.53. The van der Waals surface area contributed by atoms with Crippen molar-refractivity contribution in [3.63, 3.8) is 0 Å². The van der Waals surface area contributed by atoms with Crippen LogP contribution in [0.5, 0.6) is 0 Å². The third kappa shape index (κ3) is 1.33. The van der Waals surface area contributed by atoms with Crippen LogP contribution < -0.4 is 5.32 Å². The number of carbonyl (C=O) groups is 1. The Hall–Kier alpha value is -0.570. The van der Waals surface area contributed by atoms with Crippen LogP contribution in [0.1, 0.15) is 25.7 Å². The number of hydrogen-bond donors (Lipinski definition) is 1. The molecule has 0 aromatic rings. The second kappa shape index (κ2) is 2.73. The summed E-state index contributed by atoms with van der Waals surface area (Å²) in [6, 6.07) is -0.0359. The average Bonchev–Trinajstić information content (AvgIpc) is 2.84. The molecule has 1 heterocycles. The van der Waals surface area contributed by atoms with Gasteiger partial charge in [-0.25, -0.2) is 0 Å². The van der Waals surface area contributed by atoms with Gasteiger partial charge in [0, 0.05) is 0 Å². The molecule has 0 aromatic heterocycles. The molecule has 68 valence electrons. The molecule has 2 rings (SSSR count). The lowest BCUT2D eigenvalue weighted by Gasteiger charge is -2.28. The van der Waals surface area contributed by atoms with Crippen LogP contribution in [-0.4, -0.2) is 25.7 Å². The summed E-state index contributed by atoms with van der Waals surface area (Å²) in [5.41, 5.74) is 0.518. The number of methoxy groups -OCH3 is 1. The van der Waals surface area contributed by atoms with E-state index in [0.29, 0.717) is 5.41 Å². The van der Waals surface area contributed by atoms with Gasteiger partial charge in [0.15, 0.2) is 0 Å². The minimum absolute atomic E-state index is 0.0359. The Morgan fingerprint density at radius 3 is 2.83 bits per heavy atom. The van der Waals surface area contributed by atoms with Gasteiger partial charge >= 0.3 is 5.97 Å². The van der Waals surface area contributed by atoms with Gasteiger partial charge in [-0.15, -0.1) is 0 Å². The maximum absolute atomic E-state index is 11.2. The zero-order chi connectivity index (χ0) is 8.60. The summed E-state index contributed by atoms with van der Waals surface area (Å²) in [5.74, 6) is -0.0963. The first-order chi connectivity index (χ1) is 5.76. The van der Waals surface area contributed by atoms with E-state index in [4.69, 9.17) is 4.74 Å². The van der Waals surface area contributed by atoms with E-state index in [2.05, 4.69) is 5.32 Å². The first-order valence-corrected chi connectivity index (χ1v) is 4.57. The van der Waals surface area contributed by atoms with E-state index < -0.39 is 0 Å². The Balaban J connectivity index is 1.94. The largest absolute Gasteiger partial charge is 0.468 e. The van der Waals surface area contributed by atoms with E-state index in [-0.39, 0.29) is 12.0 Å². The molecule has 3 nitrogen and oxygen atoms in total. The third-order valence-electron chi connectivity index (χ3n) is 3.13. The van der Waals surface area contributed by atoms with Crippen molar-refractivity contribution in [1.29, 1.82) is 0 Å². The number of carbonyl (C=O) groups excluding carboxylic acids is 1. The van der Waals surface area contributed by atoms with E-state index in [1.165, 1.54) is 26.4 Å². The van der Waals surface area contributed by atoms with Crippen LogP contribution in [0.25, 0.3) is 0 Å². The molecule has 12 heavy (non-hydrogen) atoms. The van der Waals surface area contributed by atoms with Crippen LogP contribution in [-0.2, 0) is 9.53 Å². The van der Waals surface area contributed by atoms with Crippen molar-refractivity contribution in [2.75, 3.05) is 13.7 Å². The van der Waals surface area contributed by atoms with Gasteiger partial charge in [0.1, 0.15) is 6.04 Å². The van der Waals surface area contributed by atoms with Crippen molar-refractivity contribution in [2.24, 2.45) is 5.41 Å². The highest BCUT2D eigenvalue weighted by Gasteiger charge is 2.47. The lowest BCUT2D eigenvalue weighted by molar-refractivity contribution is -0.144. The maximum atomic E-state index is 11.2. The number of ether oxygens (including phenoxy) is 1. The van der Waals surface area contributed by atoms with Crippen LogP contribution in [0.3, 0.4) is 0 Å². The van der Waals surface area contributed by atoms with Crippen molar-refractivity contribution in [3.05, 3.63) is 0 Å². The Morgan fingerprint density at radius 2 is 2.25 bits per heavy atom. The van der Waals surface area contributed by atoms with E-state index in [9.17, 15) is 4.79 Å². The van der Waals surface area contributed by atoms with Crippen LogP contribution >= 0.6 is 0 Å². The van der Waals surface area contributed by atoms with Gasteiger partial charge < -0.3 is 10.1 Å². The minimum atomic E-state index is -0.0963. The zero-order valence-corrected chi connectivity index (χ0v) is 7.43. The number of piperidine rings is 1. The Labute approximate surface area is 72.5 Å². The minimum Gasteiger partial charge on any atom is -0.468 e. The van der Waals surface area contributed by atoms with Crippen molar-refractivity contribution in [1.82, 2.24) is 5.32 Å². The highest BCUT2D eigenvalue weighted by atomic mass is 16.5. The predicted molar refractivity (Wildman–Crippen MR) is 44.7 cm³/mol. The van der Waals surface area contributed by atoms with Gasteiger partial charge in [-0.1, -0.05) is 0 Å². The number of hydrogen-bond acceptors (Lipinski definition) is 3. The summed E-state index contributed by atoms with van der Waals surface area (Å²) in [6.45, 7) is 0.972. The molecule has 3 heteroatoms. The molecule has 2 aliphatic rings. The normalized spacial score (nSPS) is 31.6. The molecule has 2 fully saturated rings. The molecule has 1 atom stereocenters. The quantitative estimate of drug-likeness (QED) is 0.587. The fourth-order valence-corrected chi connectivity index (χ4v) is 2.06. The molecule has 1 spiro atoms. The van der Waals surface area contributed by atoms with Gasteiger partial charge in [0.05, 0.1) is 7.11 Å². The van der Waals surface area contributed by atoms with E-state index >= 15 is 0 Å². The molecular weight excluding hydrogens is 154 g/mol. The molecule has 1 N–H and O–H groups in total. The second-order valence-electron chi connectivity index (χ2n) is 3.98. The van der Waals surface area contributed by atoms with Gasteiger partial charge in [-0.2, -0.15) is 0 Å². The highest BCUT2D eigenvalue weighted by molar-refractivity contribution is 5.75. The van der Waals surface area contributed by atoms with E-state index in [1.54, 1.807) is 0 Å². The monoisotopic (exact) mass is 169 g/mol. The molecule has 0 radical (unpaired) electrons. The van der Waals surface area contributed by atoms with E-state index in [1.807, 2.05) is 0 Å². The van der Waals surface area contributed by atoms with Crippen molar-refractivity contribution in [3.8, 4) is 0 Å².